The van der Waals surface area contributed by atoms with Crippen LogP contribution >= 0.6 is 0 Å². The minimum Gasteiger partial charge on any atom is -0.490 e. The number of hydrazone groups is 1. The summed E-state index contributed by atoms with van der Waals surface area (Å²) in [5.74, 6) is -1.65. The molecule has 12 heteroatoms. The summed E-state index contributed by atoms with van der Waals surface area (Å²) in [6.45, 7) is 4.03. The Morgan fingerprint density at radius 3 is 2.35 bits per heavy atom. The molecule has 0 aromatic heterocycles. The van der Waals surface area contributed by atoms with Gasteiger partial charge in [0.05, 0.1) is 23.9 Å². The van der Waals surface area contributed by atoms with Gasteiger partial charge in [0.25, 0.3) is 0 Å². The molecule has 0 spiro atoms. The molecule has 0 amide bonds. The maximum atomic E-state index is 13.3. The van der Waals surface area contributed by atoms with E-state index < -0.39 is 46.3 Å². The SMILES string of the molecule is CCCCS(=O)(=O)N1CCC(Oc2ccc(N3N=C(C(F)(F)F)[C@@H](C)[C@@H]3CC(=O)O)cc2)CC1. The zero-order chi connectivity index (χ0) is 25.1. The number of carboxylic acid groups (broad SMARTS) is 1. The van der Waals surface area contributed by atoms with Gasteiger partial charge in [0.2, 0.25) is 10.0 Å². The summed E-state index contributed by atoms with van der Waals surface area (Å²) in [6, 6.07) is 5.33. The maximum absolute atomic E-state index is 13.3. The minimum atomic E-state index is -4.65. The molecule has 2 atom stereocenters. The average Bonchev–Trinajstić information content (AvgIpc) is 3.09. The number of carboxylic acids is 1. The standard InChI is InChI=1S/C22H30F3N3O5S/c1-3-4-13-34(31,32)27-11-9-18(10-12-27)33-17-7-5-16(6-8-17)28-19(14-20(29)30)15(2)21(26-28)22(23,24)25/h5-8,15,18-19H,3-4,9-14H2,1-2H3,(H,29,30)/t15-,19-/m0/s1. The second-order valence-corrected chi connectivity index (χ2v) is 10.7. The summed E-state index contributed by atoms with van der Waals surface area (Å²) < 4.78 is 72.1. The van der Waals surface area contributed by atoms with E-state index in [1.807, 2.05) is 6.92 Å². The van der Waals surface area contributed by atoms with Gasteiger partial charge in [0, 0.05) is 19.0 Å². The number of aliphatic carboxylic acids is 1. The molecule has 1 N–H and O–H groups in total. The van der Waals surface area contributed by atoms with Crippen LogP contribution in [0.15, 0.2) is 29.4 Å². The fourth-order valence-corrected chi connectivity index (χ4v) is 5.91. The van der Waals surface area contributed by atoms with E-state index >= 15 is 0 Å². The van der Waals surface area contributed by atoms with Gasteiger partial charge in [-0.3, -0.25) is 9.80 Å². The largest absolute Gasteiger partial charge is 0.490 e. The number of alkyl halides is 3. The number of halogens is 3. The van der Waals surface area contributed by atoms with E-state index in [-0.39, 0.29) is 11.9 Å². The lowest BCUT2D eigenvalue weighted by Crippen LogP contribution is -2.42. The Morgan fingerprint density at radius 2 is 1.82 bits per heavy atom. The van der Waals surface area contributed by atoms with Crippen LogP contribution in [0.3, 0.4) is 0 Å². The number of hydrogen-bond acceptors (Lipinski definition) is 6. The number of rotatable bonds is 9. The predicted octanol–water partition coefficient (Wildman–Crippen LogP) is 3.88. The lowest BCUT2D eigenvalue weighted by molar-refractivity contribution is -0.137. The molecule has 3 rings (SSSR count). The molecule has 0 aliphatic carbocycles. The second kappa shape index (κ2) is 10.5. The first-order valence-electron chi connectivity index (χ1n) is 11.3. The number of carbonyl (C=O) groups is 1. The van der Waals surface area contributed by atoms with Crippen LogP contribution in [0.1, 0.15) is 46.0 Å². The van der Waals surface area contributed by atoms with Crippen molar-refractivity contribution in [2.45, 2.75) is 64.3 Å². The summed E-state index contributed by atoms with van der Waals surface area (Å²) in [5, 5.41) is 14.0. The van der Waals surface area contributed by atoms with Crippen LogP contribution in [-0.4, -0.2) is 66.7 Å². The van der Waals surface area contributed by atoms with Crippen LogP contribution in [0.25, 0.3) is 0 Å². The number of piperidine rings is 1. The van der Waals surface area contributed by atoms with E-state index in [0.29, 0.717) is 43.8 Å². The van der Waals surface area contributed by atoms with E-state index in [9.17, 15) is 26.4 Å². The van der Waals surface area contributed by atoms with Crippen molar-refractivity contribution in [2.24, 2.45) is 11.0 Å². The third-order valence-electron chi connectivity index (χ3n) is 6.17. The van der Waals surface area contributed by atoms with Crippen molar-refractivity contribution in [3.8, 4) is 5.75 Å². The Bertz CT molecular complexity index is 990. The molecule has 1 aromatic carbocycles. The highest BCUT2D eigenvalue weighted by atomic mass is 32.2. The van der Waals surface area contributed by atoms with Gasteiger partial charge in [-0.25, -0.2) is 12.7 Å². The molecule has 34 heavy (non-hydrogen) atoms. The molecule has 2 aliphatic rings. The second-order valence-electron chi connectivity index (χ2n) is 8.66. The first-order chi connectivity index (χ1) is 15.9. The molecule has 0 unspecified atom stereocenters. The first-order valence-corrected chi connectivity index (χ1v) is 12.9. The lowest BCUT2D eigenvalue weighted by Gasteiger charge is -2.31. The summed E-state index contributed by atoms with van der Waals surface area (Å²) in [5.41, 5.74) is -0.665. The van der Waals surface area contributed by atoms with Gasteiger partial charge in [0.1, 0.15) is 17.6 Å². The zero-order valence-electron chi connectivity index (χ0n) is 19.2. The topological polar surface area (TPSA) is 99.5 Å². The molecule has 2 heterocycles. The van der Waals surface area contributed by atoms with Crippen molar-refractivity contribution in [1.29, 1.82) is 0 Å². The van der Waals surface area contributed by atoms with Crippen LogP contribution in [0.4, 0.5) is 18.9 Å². The zero-order valence-corrected chi connectivity index (χ0v) is 20.0. The van der Waals surface area contributed by atoms with Gasteiger partial charge < -0.3 is 9.84 Å². The van der Waals surface area contributed by atoms with Crippen molar-refractivity contribution < 1.29 is 36.2 Å². The normalized spacial score (nSPS) is 22.6. The smallest absolute Gasteiger partial charge is 0.431 e. The van der Waals surface area contributed by atoms with E-state index in [1.165, 1.54) is 11.2 Å². The fraction of sp³-hybridized carbons (Fsp3) is 0.636. The highest BCUT2D eigenvalue weighted by Gasteiger charge is 2.48. The maximum Gasteiger partial charge on any atom is 0.431 e. The Morgan fingerprint density at radius 1 is 1.21 bits per heavy atom. The summed E-state index contributed by atoms with van der Waals surface area (Å²) >= 11 is 0. The number of unbranched alkanes of at least 4 members (excludes halogenated alkanes) is 1. The van der Waals surface area contributed by atoms with Crippen molar-refractivity contribution in [3.05, 3.63) is 24.3 Å². The molecule has 1 aromatic rings. The molecule has 1 fully saturated rings. The van der Waals surface area contributed by atoms with E-state index in [1.54, 1.807) is 24.3 Å². The van der Waals surface area contributed by atoms with E-state index in [0.717, 1.165) is 11.4 Å². The fourth-order valence-electron chi connectivity index (χ4n) is 4.24. The van der Waals surface area contributed by atoms with Gasteiger partial charge in [-0.15, -0.1) is 0 Å². The third kappa shape index (κ3) is 6.21. The van der Waals surface area contributed by atoms with Crippen LogP contribution in [0.2, 0.25) is 0 Å². The monoisotopic (exact) mass is 505 g/mol. The minimum absolute atomic E-state index is 0.146. The Hall–Kier alpha value is -2.34. The highest BCUT2D eigenvalue weighted by molar-refractivity contribution is 7.89. The van der Waals surface area contributed by atoms with E-state index in [4.69, 9.17) is 9.84 Å². The van der Waals surface area contributed by atoms with Crippen molar-refractivity contribution in [1.82, 2.24) is 4.31 Å². The number of benzene rings is 1. The Kier molecular flexibility index (Phi) is 8.12. The van der Waals surface area contributed by atoms with Crippen molar-refractivity contribution in [3.63, 3.8) is 0 Å². The van der Waals surface area contributed by atoms with E-state index in [2.05, 4.69) is 5.10 Å². The summed E-state index contributed by atoms with van der Waals surface area (Å²) in [4.78, 5) is 11.2. The number of nitrogens with zero attached hydrogens (tertiary/aromatic N) is 3. The van der Waals surface area contributed by atoms with Crippen LogP contribution < -0.4 is 9.75 Å². The number of sulfonamides is 1. The first kappa shape index (κ1) is 26.3. The van der Waals surface area contributed by atoms with Gasteiger partial charge in [0.15, 0.2) is 0 Å². The molecule has 0 saturated carbocycles. The highest BCUT2D eigenvalue weighted by Crippen LogP contribution is 2.37. The Balaban J connectivity index is 1.65. The number of anilines is 1. The average molecular weight is 506 g/mol. The molecule has 0 radical (unpaired) electrons. The van der Waals surface area contributed by atoms with Crippen LogP contribution in [0.5, 0.6) is 5.75 Å². The Labute approximate surface area is 197 Å². The third-order valence-corrected chi connectivity index (χ3v) is 8.12. The molecule has 1 saturated heterocycles. The lowest BCUT2D eigenvalue weighted by atomic mass is 9.94. The quantitative estimate of drug-likeness (QED) is 0.547. The molecule has 0 bridgehead atoms. The van der Waals surface area contributed by atoms with Crippen LogP contribution in [-0.2, 0) is 14.8 Å². The van der Waals surface area contributed by atoms with Crippen LogP contribution in [0, 0.1) is 5.92 Å². The molecule has 190 valence electrons. The van der Waals surface area contributed by atoms with Gasteiger partial charge in [-0.2, -0.15) is 18.3 Å². The number of hydrogen-bond donors (Lipinski definition) is 1. The molecular weight excluding hydrogens is 475 g/mol. The van der Waals surface area contributed by atoms with Gasteiger partial charge in [-0.1, -0.05) is 20.3 Å². The van der Waals surface area contributed by atoms with Crippen molar-refractivity contribution in [2.75, 3.05) is 23.9 Å². The van der Waals surface area contributed by atoms with Crippen molar-refractivity contribution >= 4 is 27.4 Å². The molecule has 2 aliphatic heterocycles. The predicted molar refractivity (Wildman–Crippen MR) is 122 cm³/mol. The summed E-state index contributed by atoms with van der Waals surface area (Å²) in [6.07, 6.45) is -2.79. The summed E-state index contributed by atoms with van der Waals surface area (Å²) in [7, 11) is -3.25. The number of ether oxygens (including phenoxy) is 1. The molecule has 8 nitrogen and oxygen atoms in total. The van der Waals surface area contributed by atoms with Gasteiger partial charge >= 0.3 is 12.1 Å². The molecular formula is C22H30F3N3O5S. The van der Waals surface area contributed by atoms with Gasteiger partial charge in [-0.05, 0) is 43.5 Å².